The Hall–Kier alpha value is -1.88. The normalized spacial score (nSPS) is 19.8. The molecule has 7 nitrogen and oxygen atoms in total. The zero-order valence-electron chi connectivity index (χ0n) is 15.7. The summed E-state index contributed by atoms with van der Waals surface area (Å²) < 4.78 is 43.2. The van der Waals surface area contributed by atoms with Crippen LogP contribution in [0.2, 0.25) is 0 Å². The van der Waals surface area contributed by atoms with Crippen molar-refractivity contribution in [1.29, 1.82) is 0 Å². The van der Waals surface area contributed by atoms with Gasteiger partial charge in [-0.25, -0.2) is 4.98 Å². The van der Waals surface area contributed by atoms with Gasteiger partial charge in [-0.15, -0.1) is 11.3 Å². The summed E-state index contributed by atoms with van der Waals surface area (Å²) in [4.78, 5) is 24.3. The summed E-state index contributed by atoms with van der Waals surface area (Å²) in [5, 5.41) is 4.44. The second-order valence-electron chi connectivity index (χ2n) is 6.72. The number of guanidine groups is 1. The number of nitrogens with one attached hydrogen (secondary N) is 1. The first kappa shape index (κ1) is 20.8. The molecule has 0 radical (unpaired) electrons. The quantitative estimate of drug-likeness (QED) is 0.598. The topological polar surface area (TPSA) is 70.1 Å². The molecule has 0 aromatic carbocycles. The molecule has 0 aliphatic carbocycles. The Balaban J connectivity index is 1.48. The number of likely N-dealkylation sites (tertiary alicyclic amines) is 1. The molecule has 2 saturated heterocycles. The summed E-state index contributed by atoms with van der Waals surface area (Å²) >= 11 is 0.968. The maximum absolute atomic E-state index is 12.6. The van der Waals surface area contributed by atoms with Crippen LogP contribution in [0.1, 0.15) is 23.5 Å². The number of carbonyl (C=O) groups is 1. The van der Waals surface area contributed by atoms with E-state index >= 15 is 0 Å². The maximum Gasteiger partial charge on any atom is 0.434 e. The molecular weight excluding hydrogens is 395 g/mol. The van der Waals surface area contributed by atoms with Gasteiger partial charge in [0.15, 0.2) is 11.7 Å². The number of halogens is 3. The van der Waals surface area contributed by atoms with Gasteiger partial charge in [-0.2, -0.15) is 13.2 Å². The molecule has 1 aromatic heterocycles. The van der Waals surface area contributed by atoms with Gasteiger partial charge in [0.05, 0.1) is 19.8 Å². The molecule has 0 bridgehead atoms. The van der Waals surface area contributed by atoms with Crippen molar-refractivity contribution in [2.45, 2.75) is 25.6 Å². The third kappa shape index (κ3) is 5.13. The molecule has 0 atom stereocenters. The van der Waals surface area contributed by atoms with Crippen LogP contribution >= 0.6 is 11.3 Å². The van der Waals surface area contributed by atoms with Crippen LogP contribution in [0.5, 0.6) is 0 Å². The summed E-state index contributed by atoms with van der Waals surface area (Å²) in [6.45, 7) is 4.01. The van der Waals surface area contributed by atoms with E-state index < -0.39 is 11.9 Å². The molecule has 2 aliphatic rings. The van der Waals surface area contributed by atoms with Crippen molar-refractivity contribution in [2.24, 2.45) is 10.9 Å². The Labute approximate surface area is 165 Å². The van der Waals surface area contributed by atoms with E-state index in [-0.39, 0.29) is 18.4 Å². The molecule has 2 aliphatic heterocycles. The van der Waals surface area contributed by atoms with E-state index in [1.807, 2.05) is 9.80 Å². The minimum Gasteiger partial charge on any atom is -0.378 e. The predicted molar refractivity (Wildman–Crippen MR) is 99.0 cm³/mol. The number of thiazole rings is 1. The van der Waals surface area contributed by atoms with Crippen molar-refractivity contribution in [2.75, 3.05) is 46.4 Å². The average Bonchev–Trinajstić information content (AvgIpc) is 3.19. The van der Waals surface area contributed by atoms with E-state index in [1.54, 1.807) is 7.05 Å². The van der Waals surface area contributed by atoms with Crippen molar-refractivity contribution >= 4 is 23.2 Å². The molecule has 1 aromatic rings. The van der Waals surface area contributed by atoms with E-state index in [9.17, 15) is 18.0 Å². The van der Waals surface area contributed by atoms with Crippen LogP contribution in [0.3, 0.4) is 0 Å². The zero-order valence-corrected chi connectivity index (χ0v) is 16.5. The monoisotopic (exact) mass is 419 g/mol. The van der Waals surface area contributed by atoms with Crippen LogP contribution in [0, 0.1) is 5.92 Å². The summed E-state index contributed by atoms with van der Waals surface area (Å²) in [5.74, 6) is 0.801. The summed E-state index contributed by atoms with van der Waals surface area (Å²) in [5.41, 5.74) is -0.869. The van der Waals surface area contributed by atoms with Crippen LogP contribution in [0.4, 0.5) is 13.2 Å². The van der Waals surface area contributed by atoms with Gasteiger partial charge in [0.1, 0.15) is 5.01 Å². The molecule has 3 heterocycles. The minimum absolute atomic E-state index is 0.000706. The molecule has 1 N–H and O–H groups in total. The zero-order chi connectivity index (χ0) is 20.1. The number of nitrogens with zero attached hydrogens (tertiary/aromatic N) is 4. The Kier molecular flexibility index (Phi) is 6.76. The number of hydrogen-bond donors (Lipinski definition) is 1. The second-order valence-corrected chi connectivity index (χ2v) is 7.67. The average molecular weight is 419 g/mol. The molecule has 3 rings (SSSR count). The minimum atomic E-state index is -4.43. The largest absolute Gasteiger partial charge is 0.434 e. The molecule has 156 valence electrons. The highest BCUT2D eigenvalue weighted by atomic mass is 32.1. The first-order chi connectivity index (χ1) is 13.4. The van der Waals surface area contributed by atoms with E-state index in [1.165, 1.54) is 0 Å². The lowest BCUT2D eigenvalue weighted by Gasteiger charge is -2.36. The number of morpholine rings is 1. The third-order valence-electron chi connectivity index (χ3n) is 4.92. The Morgan fingerprint density at radius 1 is 1.29 bits per heavy atom. The Morgan fingerprint density at radius 3 is 2.54 bits per heavy atom. The van der Waals surface area contributed by atoms with Crippen LogP contribution in [-0.4, -0.2) is 73.1 Å². The van der Waals surface area contributed by atoms with Gasteiger partial charge in [0, 0.05) is 44.5 Å². The number of alkyl halides is 3. The van der Waals surface area contributed by atoms with Crippen LogP contribution in [-0.2, 0) is 22.3 Å². The number of rotatable bonds is 3. The fourth-order valence-electron chi connectivity index (χ4n) is 3.39. The van der Waals surface area contributed by atoms with Crippen molar-refractivity contribution < 1.29 is 22.7 Å². The lowest BCUT2D eigenvalue weighted by molar-refractivity contribution is -0.141. The number of carbonyl (C=O) groups excluding carboxylic acids is 1. The van der Waals surface area contributed by atoms with Crippen molar-refractivity contribution in [1.82, 2.24) is 20.1 Å². The molecule has 0 saturated carbocycles. The second kappa shape index (κ2) is 9.08. The lowest BCUT2D eigenvalue weighted by Crippen LogP contribution is -2.49. The smallest absolute Gasteiger partial charge is 0.378 e. The lowest BCUT2D eigenvalue weighted by atomic mass is 9.95. The number of ether oxygens (including phenoxy) is 1. The summed E-state index contributed by atoms with van der Waals surface area (Å²) in [6, 6.07) is 0. The molecule has 11 heteroatoms. The van der Waals surface area contributed by atoms with Gasteiger partial charge >= 0.3 is 6.18 Å². The highest BCUT2D eigenvalue weighted by Gasteiger charge is 2.34. The van der Waals surface area contributed by atoms with E-state index in [2.05, 4.69) is 15.3 Å². The number of aromatic nitrogens is 1. The molecular formula is C17H24F3N5O2S. The summed E-state index contributed by atoms with van der Waals surface area (Å²) in [6.07, 6.45) is -2.97. The van der Waals surface area contributed by atoms with Gasteiger partial charge in [-0.3, -0.25) is 9.79 Å². The van der Waals surface area contributed by atoms with Crippen molar-refractivity contribution in [3.8, 4) is 0 Å². The first-order valence-corrected chi connectivity index (χ1v) is 10.1. The van der Waals surface area contributed by atoms with Gasteiger partial charge in [-0.05, 0) is 12.8 Å². The predicted octanol–water partition coefficient (Wildman–Crippen LogP) is 1.81. The fourth-order valence-corrected chi connectivity index (χ4v) is 4.13. The fraction of sp³-hybridized carbons (Fsp3) is 0.706. The molecule has 0 spiro atoms. The number of piperidine rings is 1. The van der Waals surface area contributed by atoms with Crippen LogP contribution in [0.25, 0.3) is 0 Å². The number of hydrogen-bond acceptors (Lipinski definition) is 5. The molecule has 28 heavy (non-hydrogen) atoms. The van der Waals surface area contributed by atoms with E-state index in [0.717, 1.165) is 29.6 Å². The van der Waals surface area contributed by atoms with Crippen molar-refractivity contribution in [3.05, 3.63) is 16.1 Å². The van der Waals surface area contributed by atoms with Crippen molar-refractivity contribution in [3.63, 3.8) is 0 Å². The third-order valence-corrected chi connectivity index (χ3v) is 5.77. The van der Waals surface area contributed by atoms with Gasteiger partial charge in [-0.1, -0.05) is 0 Å². The molecule has 1 amide bonds. The van der Waals surface area contributed by atoms with Gasteiger partial charge in [0.25, 0.3) is 0 Å². The van der Waals surface area contributed by atoms with E-state index in [4.69, 9.17) is 4.74 Å². The van der Waals surface area contributed by atoms with E-state index in [0.29, 0.717) is 50.4 Å². The first-order valence-electron chi connectivity index (χ1n) is 9.22. The number of aliphatic imine (C=N–C) groups is 1. The number of amides is 1. The molecule has 2 fully saturated rings. The highest BCUT2D eigenvalue weighted by molar-refractivity contribution is 7.09. The van der Waals surface area contributed by atoms with Gasteiger partial charge in [0.2, 0.25) is 5.91 Å². The van der Waals surface area contributed by atoms with Crippen LogP contribution in [0.15, 0.2) is 10.4 Å². The Bertz CT molecular complexity index is 695. The SMILES string of the molecule is CN=C(NCc1nc(C(F)(F)F)cs1)N1CCC(C(=O)N2CCOCC2)CC1. The highest BCUT2D eigenvalue weighted by Crippen LogP contribution is 2.30. The summed E-state index contributed by atoms with van der Waals surface area (Å²) in [7, 11) is 1.64. The maximum atomic E-state index is 12.6. The standard InChI is InChI=1S/C17H24F3N5O2S/c1-21-16(22-10-14-23-13(11-28-14)17(18,19)20)25-4-2-12(3-5-25)15(26)24-6-8-27-9-7-24/h11-12H,2-10H2,1H3,(H,21,22). The van der Waals surface area contributed by atoms with Gasteiger partial charge < -0.3 is 19.9 Å². The Morgan fingerprint density at radius 2 is 1.96 bits per heavy atom. The van der Waals surface area contributed by atoms with Crippen LogP contribution < -0.4 is 5.32 Å². The molecule has 0 unspecified atom stereocenters.